The predicted molar refractivity (Wildman–Crippen MR) is 279 cm³/mol. The van der Waals surface area contributed by atoms with E-state index in [0.717, 1.165) is 64.2 Å². The molecule has 0 unspecified atom stereocenters. The molecule has 0 fully saturated rings. The molecule has 0 aromatic rings. The Morgan fingerprint density at radius 3 is 0.785 bits per heavy atom. The normalized spacial score (nSPS) is 12.1. The number of hydrogen-bond acceptors (Lipinski definition) is 6. The first-order valence-electron chi connectivity index (χ1n) is 28.8. The van der Waals surface area contributed by atoms with Gasteiger partial charge in [0.15, 0.2) is 6.10 Å². The summed E-state index contributed by atoms with van der Waals surface area (Å²) in [5, 5.41) is 0. The van der Waals surface area contributed by atoms with E-state index in [0.29, 0.717) is 19.3 Å². The Bertz CT molecular complexity index is 1050. The van der Waals surface area contributed by atoms with Crippen molar-refractivity contribution in [1.29, 1.82) is 0 Å². The molecular formula is C59H110O6. The standard InChI is InChI=1S/C59H110O6/c1-4-7-10-13-16-19-22-25-27-28-29-30-32-34-37-40-43-46-49-52-58(61)64-55-56(54-63-57(60)51-48-45-42-39-36-33-24-21-18-15-12-9-6-3)65-59(62)53-50-47-44-41-38-35-31-26-23-20-17-14-11-8-5-2/h20-21,23-24,56H,4-19,22,25-55H2,1-3H3/b23-20-,24-21-/t56-/m1/s1. The Labute approximate surface area is 404 Å². The van der Waals surface area contributed by atoms with Crippen molar-refractivity contribution in [3.63, 3.8) is 0 Å². The smallest absolute Gasteiger partial charge is 0.306 e. The molecule has 0 aromatic carbocycles. The number of esters is 3. The number of rotatable bonds is 53. The highest BCUT2D eigenvalue weighted by Crippen LogP contribution is 2.17. The maximum Gasteiger partial charge on any atom is 0.306 e. The Morgan fingerprint density at radius 2 is 0.508 bits per heavy atom. The molecule has 6 heteroatoms. The van der Waals surface area contributed by atoms with Gasteiger partial charge in [-0.1, -0.05) is 251 Å². The van der Waals surface area contributed by atoms with Crippen molar-refractivity contribution in [1.82, 2.24) is 0 Å². The van der Waals surface area contributed by atoms with Crippen molar-refractivity contribution < 1.29 is 28.6 Å². The molecule has 0 aromatic heterocycles. The third-order valence-corrected chi connectivity index (χ3v) is 12.9. The van der Waals surface area contributed by atoms with Crippen LogP contribution in [0.3, 0.4) is 0 Å². The van der Waals surface area contributed by atoms with Gasteiger partial charge in [0.05, 0.1) is 0 Å². The molecule has 0 radical (unpaired) electrons. The fraction of sp³-hybridized carbons (Fsp3) is 0.881. The largest absolute Gasteiger partial charge is 0.462 e. The van der Waals surface area contributed by atoms with Gasteiger partial charge in [-0.3, -0.25) is 14.4 Å². The topological polar surface area (TPSA) is 78.9 Å². The van der Waals surface area contributed by atoms with Crippen LogP contribution in [0.2, 0.25) is 0 Å². The summed E-state index contributed by atoms with van der Waals surface area (Å²) in [6.45, 7) is 6.65. The SMILES string of the molecule is CCCCCC/C=C\CCCCCCCCCC(=O)O[C@H](COC(=O)CCCCCCC/C=C\CCCCCC)COC(=O)CCCCCCCCCCCCCCCCCCCCC. The van der Waals surface area contributed by atoms with Crippen LogP contribution in [0.1, 0.15) is 316 Å². The van der Waals surface area contributed by atoms with Crippen molar-refractivity contribution >= 4 is 17.9 Å². The number of allylic oxidation sites excluding steroid dienone is 4. The molecule has 0 heterocycles. The summed E-state index contributed by atoms with van der Waals surface area (Å²) >= 11 is 0. The van der Waals surface area contributed by atoms with Crippen molar-refractivity contribution in [2.24, 2.45) is 0 Å². The van der Waals surface area contributed by atoms with E-state index in [1.807, 2.05) is 0 Å². The van der Waals surface area contributed by atoms with Crippen LogP contribution in [0.25, 0.3) is 0 Å². The summed E-state index contributed by atoms with van der Waals surface area (Å²) in [7, 11) is 0. The van der Waals surface area contributed by atoms with Gasteiger partial charge in [-0.2, -0.15) is 0 Å². The highest BCUT2D eigenvalue weighted by atomic mass is 16.6. The van der Waals surface area contributed by atoms with Crippen LogP contribution >= 0.6 is 0 Å². The van der Waals surface area contributed by atoms with Crippen LogP contribution in [0, 0.1) is 0 Å². The van der Waals surface area contributed by atoms with Gasteiger partial charge < -0.3 is 14.2 Å². The van der Waals surface area contributed by atoms with E-state index in [2.05, 4.69) is 45.1 Å². The van der Waals surface area contributed by atoms with Gasteiger partial charge in [-0.15, -0.1) is 0 Å². The molecule has 0 N–H and O–H groups in total. The molecule has 0 aliphatic heterocycles. The number of unbranched alkanes of at least 4 members (excludes halogenated alkanes) is 38. The van der Waals surface area contributed by atoms with Crippen LogP contribution in [0.15, 0.2) is 24.3 Å². The molecule has 0 aliphatic rings. The zero-order valence-corrected chi connectivity index (χ0v) is 43.8. The first-order valence-corrected chi connectivity index (χ1v) is 28.8. The van der Waals surface area contributed by atoms with Gasteiger partial charge in [0.1, 0.15) is 13.2 Å². The van der Waals surface area contributed by atoms with Crippen LogP contribution in [0.5, 0.6) is 0 Å². The lowest BCUT2D eigenvalue weighted by Gasteiger charge is -2.18. The van der Waals surface area contributed by atoms with Gasteiger partial charge in [0.25, 0.3) is 0 Å². The molecule has 0 spiro atoms. The summed E-state index contributed by atoms with van der Waals surface area (Å²) in [6, 6.07) is 0. The monoisotopic (exact) mass is 915 g/mol. The summed E-state index contributed by atoms with van der Waals surface area (Å²) in [4.78, 5) is 38.1. The predicted octanol–water partition coefficient (Wildman–Crippen LogP) is 19.1. The molecule has 0 saturated carbocycles. The quantitative estimate of drug-likeness (QED) is 0.0262. The summed E-state index contributed by atoms with van der Waals surface area (Å²) in [5.41, 5.74) is 0. The zero-order chi connectivity index (χ0) is 47.2. The van der Waals surface area contributed by atoms with Crippen molar-refractivity contribution in [2.75, 3.05) is 13.2 Å². The number of carbonyl (C=O) groups excluding carboxylic acids is 3. The highest BCUT2D eigenvalue weighted by Gasteiger charge is 2.19. The van der Waals surface area contributed by atoms with Gasteiger partial charge in [-0.25, -0.2) is 0 Å². The lowest BCUT2D eigenvalue weighted by Crippen LogP contribution is -2.30. The second kappa shape index (κ2) is 54.5. The van der Waals surface area contributed by atoms with Gasteiger partial charge in [-0.05, 0) is 70.6 Å². The second-order valence-corrected chi connectivity index (χ2v) is 19.6. The number of ether oxygens (including phenoxy) is 3. The van der Waals surface area contributed by atoms with Crippen LogP contribution in [0.4, 0.5) is 0 Å². The minimum atomic E-state index is -0.773. The van der Waals surface area contributed by atoms with E-state index < -0.39 is 6.10 Å². The Balaban J connectivity index is 4.31. The lowest BCUT2D eigenvalue weighted by atomic mass is 10.0. The maximum absolute atomic E-state index is 12.8. The maximum atomic E-state index is 12.8. The molecule has 0 bridgehead atoms. The zero-order valence-electron chi connectivity index (χ0n) is 43.8. The molecule has 0 rings (SSSR count). The van der Waals surface area contributed by atoms with Gasteiger partial charge >= 0.3 is 17.9 Å². The van der Waals surface area contributed by atoms with Crippen LogP contribution < -0.4 is 0 Å². The van der Waals surface area contributed by atoms with E-state index in [1.54, 1.807) is 0 Å². The second-order valence-electron chi connectivity index (χ2n) is 19.6. The summed E-state index contributed by atoms with van der Waals surface area (Å²) in [5.74, 6) is -0.866. The molecule has 1 atom stereocenters. The fourth-order valence-corrected chi connectivity index (χ4v) is 8.55. The highest BCUT2D eigenvalue weighted by molar-refractivity contribution is 5.71. The summed E-state index contributed by atoms with van der Waals surface area (Å²) < 4.78 is 16.9. The minimum absolute atomic E-state index is 0.0712. The van der Waals surface area contributed by atoms with E-state index in [-0.39, 0.29) is 31.1 Å². The lowest BCUT2D eigenvalue weighted by molar-refractivity contribution is -0.167. The van der Waals surface area contributed by atoms with Crippen LogP contribution in [-0.2, 0) is 28.6 Å². The molecular weight excluding hydrogens is 805 g/mol. The first kappa shape index (κ1) is 62.9. The van der Waals surface area contributed by atoms with Crippen LogP contribution in [-0.4, -0.2) is 37.2 Å². The first-order chi connectivity index (χ1) is 32.0. The van der Waals surface area contributed by atoms with Gasteiger partial charge in [0.2, 0.25) is 0 Å². The Hall–Kier alpha value is -2.11. The molecule has 0 amide bonds. The third kappa shape index (κ3) is 52.7. The molecule has 65 heavy (non-hydrogen) atoms. The third-order valence-electron chi connectivity index (χ3n) is 12.9. The molecule has 0 aliphatic carbocycles. The minimum Gasteiger partial charge on any atom is -0.462 e. The van der Waals surface area contributed by atoms with Crippen molar-refractivity contribution in [3.8, 4) is 0 Å². The van der Waals surface area contributed by atoms with Gasteiger partial charge in [0, 0.05) is 19.3 Å². The Kier molecular flexibility index (Phi) is 52.7. The molecule has 382 valence electrons. The number of hydrogen-bond donors (Lipinski definition) is 0. The van der Waals surface area contributed by atoms with E-state index in [9.17, 15) is 14.4 Å². The fourth-order valence-electron chi connectivity index (χ4n) is 8.55. The Morgan fingerprint density at radius 1 is 0.292 bits per heavy atom. The summed E-state index contributed by atoms with van der Waals surface area (Å²) in [6.07, 6.45) is 63.1. The molecule has 0 saturated heterocycles. The average molecular weight is 916 g/mol. The van der Waals surface area contributed by atoms with E-state index in [4.69, 9.17) is 14.2 Å². The van der Waals surface area contributed by atoms with E-state index in [1.165, 1.54) is 212 Å². The average Bonchev–Trinajstić information content (AvgIpc) is 3.30. The molecule has 6 nitrogen and oxygen atoms in total. The number of carbonyl (C=O) groups is 3. The van der Waals surface area contributed by atoms with Crippen molar-refractivity contribution in [2.45, 2.75) is 322 Å². The van der Waals surface area contributed by atoms with E-state index >= 15 is 0 Å². The van der Waals surface area contributed by atoms with Crippen molar-refractivity contribution in [3.05, 3.63) is 24.3 Å².